The third kappa shape index (κ3) is 5.07. The van der Waals surface area contributed by atoms with Crippen LogP contribution < -0.4 is 10.6 Å². The van der Waals surface area contributed by atoms with E-state index < -0.39 is 11.9 Å². The van der Waals surface area contributed by atoms with Gasteiger partial charge in [-0.3, -0.25) is 10.1 Å². The summed E-state index contributed by atoms with van der Waals surface area (Å²) < 4.78 is 5.54. The predicted octanol–water partition coefficient (Wildman–Crippen LogP) is 5.73. The van der Waals surface area contributed by atoms with Crippen LogP contribution >= 0.6 is 47.0 Å². The highest BCUT2D eigenvalue weighted by molar-refractivity contribution is 7.80. The van der Waals surface area contributed by atoms with Gasteiger partial charge in [-0.25, -0.2) is 4.79 Å². The van der Waals surface area contributed by atoms with Gasteiger partial charge in [-0.2, -0.15) is 0 Å². The molecule has 3 aromatic rings. The second kappa shape index (κ2) is 8.84. The first kappa shape index (κ1) is 21.1. The maximum atomic E-state index is 12.4. The van der Waals surface area contributed by atoms with Crippen LogP contribution in [-0.4, -0.2) is 22.1 Å². The lowest BCUT2D eigenvalue weighted by Crippen LogP contribution is -2.34. The van der Waals surface area contributed by atoms with Crippen molar-refractivity contribution in [3.05, 3.63) is 74.9 Å². The summed E-state index contributed by atoms with van der Waals surface area (Å²) in [5.74, 6) is -1.43. The van der Waals surface area contributed by atoms with E-state index in [0.717, 1.165) is 0 Å². The number of carbonyl (C=O) groups excluding carboxylic acids is 1. The highest BCUT2D eigenvalue weighted by Crippen LogP contribution is 2.30. The normalized spacial score (nSPS) is 10.4. The molecule has 1 amide bonds. The minimum Gasteiger partial charge on any atom is -0.478 e. The Balaban J connectivity index is 1.74. The second-order valence-electron chi connectivity index (χ2n) is 5.70. The van der Waals surface area contributed by atoms with E-state index in [1.807, 2.05) is 0 Å². The molecule has 3 rings (SSSR count). The molecule has 0 saturated heterocycles. The molecule has 0 aliphatic heterocycles. The van der Waals surface area contributed by atoms with E-state index in [9.17, 15) is 14.7 Å². The Morgan fingerprint density at radius 2 is 1.76 bits per heavy atom. The first-order valence-corrected chi connectivity index (χ1v) is 9.49. The van der Waals surface area contributed by atoms with Crippen LogP contribution in [-0.2, 0) is 0 Å². The van der Waals surface area contributed by atoms with E-state index in [0.29, 0.717) is 16.3 Å². The fourth-order valence-corrected chi connectivity index (χ4v) is 3.36. The summed E-state index contributed by atoms with van der Waals surface area (Å²) in [5, 5.41) is 14.9. The minimum atomic E-state index is -1.26. The number of nitrogens with one attached hydrogen (secondary N) is 2. The number of thiocarbonyl (C=S) groups is 1. The second-order valence-corrected chi connectivity index (χ2v) is 7.39. The zero-order valence-electron chi connectivity index (χ0n) is 14.3. The smallest absolute Gasteiger partial charge is 0.337 e. The van der Waals surface area contributed by atoms with Crippen molar-refractivity contribution in [2.24, 2.45) is 0 Å². The third-order valence-corrected chi connectivity index (χ3v) is 4.65. The molecular weight excluding hydrogens is 459 g/mol. The van der Waals surface area contributed by atoms with Crippen LogP contribution in [0.2, 0.25) is 15.1 Å². The number of aromatic carboxylic acids is 1. The van der Waals surface area contributed by atoms with Crippen LogP contribution in [0.3, 0.4) is 0 Å². The first-order chi connectivity index (χ1) is 13.7. The zero-order valence-corrected chi connectivity index (χ0v) is 17.4. The lowest BCUT2D eigenvalue weighted by atomic mass is 10.2. The topological polar surface area (TPSA) is 91.6 Å². The summed E-state index contributed by atoms with van der Waals surface area (Å²) in [6.07, 6.45) is 0. The fourth-order valence-electron chi connectivity index (χ4n) is 2.44. The van der Waals surface area contributed by atoms with Gasteiger partial charge in [-0.15, -0.1) is 0 Å². The molecule has 1 aromatic heterocycles. The van der Waals surface area contributed by atoms with Crippen molar-refractivity contribution in [2.75, 3.05) is 5.32 Å². The Morgan fingerprint density at radius 1 is 1.00 bits per heavy atom. The SMILES string of the molecule is O=C(NC(=S)Nc1c(Cl)cc(Cl)cc1C(=O)O)c1ccc(-c2cccc(Cl)c2)o1. The van der Waals surface area contributed by atoms with E-state index in [2.05, 4.69) is 10.6 Å². The number of hydrogen-bond donors (Lipinski definition) is 3. The summed E-state index contributed by atoms with van der Waals surface area (Å²) in [7, 11) is 0. The van der Waals surface area contributed by atoms with Gasteiger partial charge < -0.3 is 14.8 Å². The molecule has 10 heteroatoms. The molecule has 0 spiro atoms. The van der Waals surface area contributed by atoms with Gasteiger partial charge in [0.15, 0.2) is 10.9 Å². The van der Waals surface area contributed by atoms with Gasteiger partial charge in [0, 0.05) is 15.6 Å². The van der Waals surface area contributed by atoms with Gasteiger partial charge >= 0.3 is 5.97 Å². The van der Waals surface area contributed by atoms with Gasteiger partial charge in [0.05, 0.1) is 16.3 Å². The number of carboxylic acids is 1. The Hall–Kier alpha value is -2.58. The van der Waals surface area contributed by atoms with E-state index in [-0.39, 0.29) is 32.2 Å². The van der Waals surface area contributed by atoms with Gasteiger partial charge in [0.2, 0.25) is 0 Å². The van der Waals surface area contributed by atoms with Crippen LogP contribution in [0.4, 0.5) is 5.69 Å². The van der Waals surface area contributed by atoms with Gasteiger partial charge in [-0.05, 0) is 48.6 Å². The van der Waals surface area contributed by atoms with Gasteiger partial charge in [0.25, 0.3) is 5.91 Å². The zero-order chi connectivity index (χ0) is 21.1. The summed E-state index contributed by atoms with van der Waals surface area (Å²) in [4.78, 5) is 23.8. The summed E-state index contributed by atoms with van der Waals surface area (Å²) in [6, 6.07) is 12.6. The van der Waals surface area contributed by atoms with Crippen molar-refractivity contribution in [3.63, 3.8) is 0 Å². The molecule has 0 radical (unpaired) electrons. The Labute approximate surface area is 185 Å². The molecule has 148 valence electrons. The number of hydrogen-bond acceptors (Lipinski definition) is 4. The molecular formula is C19H11Cl3N2O4S. The largest absolute Gasteiger partial charge is 0.478 e. The lowest BCUT2D eigenvalue weighted by Gasteiger charge is -2.13. The van der Waals surface area contributed by atoms with Gasteiger partial charge in [-0.1, -0.05) is 46.9 Å². The number of carbonyl (C=O) groups is 2. The van der Waals surface area contributed by atoms with Crippen LogP contribution in [0.1, 0.15) is 20.9 Å². The average Bonchev–Trinajstić information content (AvgIpc) is 3.14. The van der Waals surface area contributed by atoms with Crippen LogP contribution in [0.5, 0.6) is 0 Å². The summed E-state index contributed by atoms with van der Waals surface area (Å²) in [5.41, 5.74) is 0.518. The number of amides is 1. The molecule has 29 heavy (non-hydrogen) atoms. The Bertz CT molecular complexity index is 1130. The molecule has 0 aliphatic carbocycles. The molecule has 6 nitrogen and oxygen atoms in total. The summed E-state index contributed by atoms with van der Waals surface area (Å²) >= 11 is 22.9. The number of anilines is 1. The van der Waals surface area contributed by atoms with E-state index >= 15 is 0 Å². The highest BCUT2D eigenvalue weighted by atomic mass is 35.5. The number of furan rings is 1. The van der Waals surface area contributed by atoms with E-state index in [1.54, 1.807) is 30.3 Å². The van der Waals surface area contributed by atoms with Gasteiger partial charge in [0.1, 0.15) is 5.76 Å². The molecule has 3 N–H and O–H groups in total. The molecule has 0 atom stereocenters. The molecule has 0 saturated carbocycles. The standard InChI is InChI=1S/C19H11Cl3N2O4S/c20-10-3-1-2-9(6-10)14-4-5-15(28-14)17(25)24-19(29)23-16-12(18(26)27)7-11(21)8-13(16)22/h1-8H,(H,26,27)(H2,23,24,25,29). The molecule has 0 bridgehead atoms. The van der Waals surface area contributed by atoms with Crippen molar-refractivity contribution in [1.29, 1.82) is 0 Å². The van der Waals surface area contributed by atoms with Crippen molar-refractivity contribution < 1.29 is 19.1 Å². The minimum absolute atomic E-state index is 0.00443. The molecule has 2 aromatic carbocycles. The molecule has 0 fully saturated rings. The number of halogens is 3. The molecule has 1 heterocycles. The fraction of sp³-hybridized carbons (Fsp3) is 0. The number of benzene rings is 2. The average molecular weight is 470 g/mol. The molecule has 0 unspecified atom stereocenters. The number of rotatable bonds is 4. The third-order valence-electron chi connectivity index (χ3n) is 3.69. The van der Waals surface area contributed by atoms with Crippen molar-refractivity contribution in [3.8, 4) is 11.3 Å². The molecule has 0 aliphatic rings. The van der Waals surface area contributed by atoms with Crippen LogP contribution in [0, 0.1) is 0 Å². The van der Waals surface area contributed by atoms with E-state index in [1.165, 1.54) is 18.2 Å². The monoisotopic (exact) mass is 468 g/mol. The Morgan fingerprint density at radius 3 is 2.45 bits per heavy atom. The predicted molar refractivity (Wildman–Crippen MR) is 116 cm³/mol. The maximum Gasteiger partial charge on any atom is 0.337 e. The quantitative estimate of drug-likeness (QED) is 0.423. The summed E-state index contributed by atoms with van der Waals surface area (Å²) in [6.45, 7) is 0. The highest BCUT2D eigenvalue weighted by Gasteiger charge is 2.18. The van der Waals surface area contributed by atoms with Crippen LogP contribution in [0.25, 0.3) is 11.3 Å². The van der Waals surface area contributed by atoms with Crippen molar-refractivity contribution >= 4 is 69.7 Å². The Kier molecular flexibility index (Phi) is 6.44. The first-order valence-electron chi connectivity index (χ1n) is 7.95. The van der Waals surface area contributed by atoms with Crippen molar-refractivity contribution in [2.45, 2.75) is 0 Å². The lowest BCUT2D eigenvalue weighted by molar-refractivity contribution is 0.0697. The number of carboxylic acid groups (broad SMARTS) is 1. The maximum absolute atomic E-state index is 12.4. The van der Waals surface area contributed by atoms with E-state index in [4.69, 9.17) is 51.4 Å². The van der Waals surface area contributed by atoms with Crippen molar-refractivity contribution in [1.82, 2.24) is 5.32 Å². The van der Waals surface area contributed by atoms with Crippen LogP contribution in [0.15, 0.2) is 52.9 Å².